The van der Waals surface area contributed by atoms with Gasteiger partial charge in [0.05, 0.1) is 36.9 Å². The molecule has 2 aliphatic rings. The Balaban J connectivity index is 2.22. The third-order valence-electron chi connectivity index (χ3n) is 9.33. The van der Waals surface area contributed by atoms with Gasteiger partial charge in [-0.05, 0) is 77.6 Å². The van der Waals surface area contributed by atoms with Crippen molar-refractivity contribution in [1.29, 1.82) is 0 Å². The van der Waals surface area contributed by atoms with E-state index in [0.29, 0.717) is 22.5 Å². The van der Waals surface area contributed by atoms with Gasteiger partial charge in [-0.2, -0.15) is 0 Å². The average molecular weight is 703 g/mol. The van der Waals surface area contributed by atoms with E-state index in [9.17, 15) is 4.79 Å². The van der Waals surface area contributed by atoms with Crippen LogP contribution in [-0.4, -0.2) is 50.9 Å². The molecule has 3 unspecified atom stereocenters. The van der Waals surface area contributed by atoms with Crippen LogP contribution in [0.3, 0.4) is 0 Å². The van der Waals surface area contributed by atoms with Crippen LogP contribution in [0, 0.1) is 11.8 Å². The minimum Gasteiger partial charge on any atom is -0.457 e. The SMILES string of the molecule is C=C[C@H](C)C[C@H]1CCCC(C[C@H]2C[C@@H](O[Si](C(C)C)(C(C)C)C(C)C)CC(CC(=O)OC(/C=C/I)[C@@H](C)C=C)O2)O1. The molecule has 0 saturated carbocycles. The molecule has 0 aromatic rings. The summed E-state index contributed by atoms with van der Waals surface area (Å²) >= 11 is 2.16. The number of rotatable bonds is 16. The zero-order valence-corrected chi connectivity index (χ0v) is 30.3. The van der Waals surface area contributed by atoms with E-state index in [-0.39, 0.29) is 54.9 Å². The first-order chi connectivity index (χ1) is 19.4. The molecule has 41 heavy (non-hydrogen) atoms. The molecule has 2 saturated heterocycles. The summed E-state index contributed by atoms with van der Waals surface area (Å²) in [6.45, 7) is 26.1. The van der Waals surface area contributed by atoms with Crippen LogP contribution in [0.1, 0.15) is 107 Å². The second kappa shape index (κ2) is 17.7. The van der Waals surface area contributed by atoms with Crippen LogP contribution in [0.15, 0.2) is 35.5 Å². The predicted octanol–water partition coefficient (Wildman–Crippen LogP) is 9.71. The molecule has 0 aromatic heterocycles. The minimum atomic E-state index is -2.09. The summed E-state index contributed by atoms with van der Waals surface area (Å²) in [5.74, 6) is 0.264. The smallest absolute Gasteiger partial charge is 0.309 e. The molecule has 5 nitrogen and oxygen atoms in total. The summed E-state index contributed by atoms with van der Waals surface area (Å²) in [4.78, 5) is 13.2. The van der Waals surface area contributed by atoms with Crippen molar-refractivity contribution in [2.45, 2.75) is 160 Å². The number of halogens is 1. The average Bonchev–Trinajstić information content (AvgIpc) is 2.90. The molecule has 236 valence electrons. The van der Waals surface area contributed by atoms with Crippen LogP contribution >= 0.6 is 22.6 Å². The van der Waals surface area contributed by atoms with Gasteiger partial charge in [-0.25, -0.2) is 0 Å². The second-order valence-electron chi connectivity index (χ2n) is 13.5. The molecule has 0 aromatic carbocycles. The van der Waals surface area contributed by atoms with Gasteiger partial charge >= 0.3 is 5.97 Å². The Morgan fingerprint density at radius 1 is 0.902 bits per heavy atom. The molecule has 7 heteroatoms. The molecule has 0 amide bonds. The van der Waals surface area contributed by atoms with Crippen LogP contribution in [0.4, 0.5) is 0 Å². The van der Waals surface area contributed by atoms with Gasteiger partial charge in [0.15, 0.2) is 0 Å². The van der Waals surface area contributed by atoms with Gasteiger partial charge < -0.3 is 18.6 Å². The fourth-order valence-corrected chi connectivity index (χ4v) is 13.2. The Morgan fingerprint density at radius 3 is 2.05 bits per heavy atom. The van der Waals surface area contributed by atoms with E-state index in [1.54, 1.807) is 0 Å². The number of ether oxygens (including phenoxy) is 3. The first-order valence-electron chi connectivity index (χ1n) is 16.1. The lowest BCUT2D eigenvalue weighted by Gasteiger charge is -2.47. The van der Waals surface area contributed by atoms with Crippen LogP contribution in [-0.2, 0) is 23.4 Å². The summed E-state index contributed by atoms with van der Waals surface area (Å²) in [5.41, 5.74) is 1.51. The van der Waals surface area contributed by atoms with Gasteiger partial charge in [-0.1, -0.05) is 90.1 Å². The lowest BCUT2D eigenvalue weighted by Crippen LogP contribution is -2.53. The third kappa shape index (κ3) is 10.9. The highest BCUT2D eigenvalue weighted by molar-refractivity contribution is 14.1. The lowest BCUT2D eigenvalue weighted by molar-refractivity contribution is -0.160. The zero-order chi connectivity index (χ0) is 30.7. The van der Waals surface area contributed by atoms with Gasteiger partial charge in [0, 0.05) is 5.92 Å². The maximum atomic E-state index is 13.2. The standard InChI is InChI=1S/C34H59IO5Si/c1-11-26(9)18-28-14-13-15-29(37-28)19-30-20-32(40-41(23(3)4,24(5)6)25(7)8)21-31(38-30)22-34(36)39-33(16-17-35)27(10)12-2/h11-12,16-17,23-33H,1-2,13-15,18-22H2,3-10H3/b17-16+/t26-,27-,28+,29?,30-,31?,32+,33?/m0/s1. The summed E-state index contributed by atoms with van der Waals surface area (Å²) in [7, 11) is -2.09. The summed E-state index contributed by atoms with van der Waals surface area (Å²) in [5, 5.41) is 0. The molecule has 0 bridgehead atoms. The molecule has 0 radical (unpaired) electrons. The van der Waals surface area contributed by atoms with Gasteiger partial charge in [-0.15, -0.1) is 13.2 Å². The van der Waals surface area contributed by atoms with Crippen molar-refractivity contribution >= 4 is 36.9 Å². The number of esters is 1. The van der Waals surface area contributed by atoms with Crippen molar-refractivity contribution in [1.82, 2.24) is 0 Å². The predicted molar refractivity (Wildman–Crippen MR) is 182 cm³/mol. The maximum Gasteiger partial charge on any atom is 0.309 e. The van der Waals surface area contributed by atoms with Crippen LogP contribution in [0.2, 0.25) is 16.6 Å². The monoisotopic (exact) mass is 702 g/mol. The van der Waals surface area contributed by atoms with Crippen LogP contribution < -0.4 is 0 Å². The molecule has 8 atom stereocenters. The summed E-state index contributed by atoms with van der Waals surface area (Å²) in [6.07, 6.45) is 12.8. The minimum absolute atomic E-state index is 0.00227. The molecular weight excluding hydrogens is 643 g/mol. The van der Waals surface area contributed by atoms with Crippen LogP contribution in [0.25, 0.3) is 0 Å². The van der Waals surface area contributed by atoms with E-state index in [0.717, 1.165) is 38.5 Å². The Kier molecular flexibility index (Phi) is 15.9. The molecule has 2 rings (SSSR count). The van der Waals surface area contributed by atoms with Gasteiger partial charge in [-0.3, -0.25) is 4.79 Å². The fraction of sp³-hybridized carbons (Fsp3) is 0.794. The first kappa shape index (κ1) is 36.7. The highest BCUT2D eigenvalue weighted by Gasteiger charge is 2.48. The maximum absolute atomic E-state index is 13.2. The summed E-state index contributed by atoms with van der Waals surface area (Å²) in [6, 6.07) is 0. The fourth-order valence-electron chi connectivity index (χ4n) is 7.19. The molecule has 0 spiro atoms. The van der Waals surface area contributed by atoms with Crippen molar-refractivity contribution in [2.75, 3.05) is 0 Å². The molecule has 2 fully saturated rings. The first-order valence-corrected chi connectivity index (χ1v) is 19.4. The van der Waals surface area contributed by atoms with Gasteiger partial charge in [0.25, 0.3) is 0 Å². The Labute approximate surface area is 266 Å². The van der Waals surface area contributed by atoms with E-state index in [2.05, 4.69) is 84.2 Å². The topological polar surface area (TPSA) is 54.0 Å². The lowest BCUT2D eigenvalue weighted by atomic mass is 9.91. The largest absolute Gasteiger partial charge is 0.457 e. The number of hydrogen-bond donors (Lipinski definition) is 0. The number of hydrogen-bond acceptors (Lipinski definition) is 5. The Hall–Kier alpha value is -0.483. The third-order valence-corrected chi connectivity index (χ3v) is 15.9. The van der Waals surface area contributed by atoms with E-state index in [4.69, 9.17) is 18.6 Å². The number of carbonyl (C=O) groups is 1. The van der Waals surface area contributed by atoms with E-state index in [1.807, 2.05) is 29.2 Å². The number of carbonyl (C=O) groups excluding carboxylic acids is 1. The van der Waals surface area contributed by atoms with E-state index >= 15 is 0 Å². The van der Waals surface area contributed by atoms with Crippen molar-refractivity contribution in [3.63, 3.8) is 0 Å². The quantitative estimate of drug-likeness (QED) is 0.0694. The highest BCUT2D eigenvalue weighted by atomic mass is 127. The second-order valence-corrected chi connectivity index (χ2v) is 19.6. The zero-order valence-electron chi connectivity index (χ0n) is 27.2. The van der Waals surface area contributed by atoms with E-state index in [1.165, 1.54) is 6.42 Å². The summed E-state index contributed by atoms with van der Waals surface area (Å²) < 4.78 is 28.3. The van der Waals surface area contributed by atoms with Crippen molar-refractivity contribution in [2.24, 2.45) is 11.8 Å². The molecular formula is C34H59IO5Si. The number of allylic oxidation sites excluding steroid dienone is 1. The normalized spacial score (nSPS) is 28.1. The molecule has 2 heterocycles. The van der Waals surface area contributed by atoms with E-state index < -0.39 is 8.32 Å². The Morgan fingerprint density at radius 2 is 1.49 bits per heavy atom. The van der Waals surface area contributed by atoms with Crippen molar-refractivity contribution < 1.29 is 23.4 Å². The molecule has 0 aliphatic carbocycles. The molecule has 2 aliphatic heterocycles. The highest BCUT2D eigenvalue weighted by Crippen LogP contribution is 2.45. The van der Waals surface area contributed by atoms with Crippen LogP contribution in [0.5, 0.6) is 0 Å². The van der Waals surface area contributed by atoms with Crippen molar-refractivity contribution in [3.05, 3.63) is 35.5 Å². The van der Waals surface area contributed by atoms with Crippen molar-refractivity contribution in [3.8, 4) is 0 Å². The molecule has 0 N–H and O–H groups in total. The van der Waals surface area contributed by atoms with Gasteiger partial charge in [0.1, 0.15) is 6.10 Å². The van der Waals surface area contributed by atoms with Gasteiger partial charge in [0.2, 0.25) is 8.32 Å². The Bertz CT molecular complexity index is 821.